The molecule has 2 N–H and O–H groups in total. The first-order chi connectivity index (χ1) is 9.70. The van der Waals surface area contributed by atoms with E-state index in [1.54, 1.807) is 12.1 Å². The Morgan fingerprint density at radius 1 is 1.25 bits per heavy atom. The van der Waals surface area contributed by atoms with Crippen molar-refractivity contribution in [1.29, 1.82) is 0 Å². The van der Waals surface area contributed by atoms with Crippen LogP contribution in [0.25, 0.3) is 0 Å². The molecule has 0 saturated heterocycles. The van der Waals surface area contributed by atoms with Crippen molar-refractivity contribution in [3.63, 3.8) is 0 Å². The summed E-state index contributed by atoms with van der Waals surface area (Å²) in [6, 6.07) is 12.7. The molecule has 5 heteroatoms. The molecule has 1 aromatic carbocycles. The standard InChI is InChI=1S/C15H15ClN2O2/c16-13-6-7-14(17-9-13)15(20)18-8-12(10-19)11-4-2-1-3-5-11/h1-7,9,12,19H,8,10H2,(H,18,20)/t12-/m0/s1. The highest BCUT2D eigenvalue weighted by molar-refractivity contribution is 6.30. The van der Waals surface area contributed by atoms with E-state index in [2.05, 4.69) is 10.3 Å². The molecule has 1 amide bonds. The summed E-state index contributed by atoms with van der Waals surface area (Å²) >= 11 is 5.72. The van der Waals surface area contributed by atoms with Gasteiger partial charge in [0.15, 0.2) is 0 Å². The zero-order valence-electron chi connectivity index (χ0n) is 10.8. The Labute approximate surface area is 122 Å². The van der Waals surface area contributed by atoms with Gasteiger partial charge in [-0.3, -0.25) is 4.79 Å². The number of rotatable bonds is 5. The molecule has 1 atom stereocenters. The van der Waals surface area contributed by atoms with Crippen molar-refractivity contribution < 1.29 is 9.90 Å². The number of nitrogens with zero attached hydrogens (tertiary/aromatic N) is 1. The van der Waals surface area contributed by atoms with Gasteiger partial charge >= 0.3 is 0 Å². The fraction of sp³-hybridized carbons (Fsp3) is 0.200. The molecule has 0 aliphatic carbocycles. The van der Waals surface area contributed by atoms with Crippen LogP contribution in [0.4, 0.5) is 0 Å². The van der Waals surface area contributed by atoms with Crippen molar-refractivity contribution in [3.05, 3.63) is 64.9 Å². The van der Waals surface area contributed by atoms with Crippen molar-refractivity contribution in [2.24, 2.45) is 0 Å². The van der Waals surface area contributed by atoms with Crippen LogP contribution in [-0.2, 0) is 0 Å². The molecule has 0 saturated carbocycles. The Morgan fingerprint density at radius 3 is 2.60 bits per heavy atom. The van der Waals surface area contributed by atoms with Gasteiger partial charge in [0.05, 0.1) is 11.6 Å². The summed E-state index contributed by atoms with van der Waals surface area (Å²) in [5.41, 5.74) is 1.29. The van der Waals surface area contributed by atoms with Crippen LogP contribution in [0.15, 0.2) is 48.7 Å². The zero-order chi connectivity index (χ0) is 14.4. The Balaban J connectivity index is 1.96. The first-order valence-electron chi connectivity index (χ1n) is 6.26. The number of carbonyl (C=O) groups is 1. The highest BCUT2D eigenvalue weighted by Gasteiger charge is 2.13. The molecule has 1 aromatic heterocycles. The monoisotopic (exact) mass is 290 g/mol. The number of halogens is 1. The van der Waals surface area contributed by atoms with Crippen molar-refractivity contribution in [3.8, 4) is 0 Å². The average Bonchev–Trinajstić information content (AvgIpc) is 2.49. The molecular weight excluding hydrogens is 276 g/mol. The van der Waals surface area contributed by atoms with Gasteiger partial charge in [0.2, 0.25) is 0 Å². The molecule has 2 aromatic rings. The minimum Gasteiger partial charge on any atom is -0.396 e. The van der Waals surface area contributed by atoms with E-state index in [0.29, 0.717) is 17.3 Å². The predicted molar refractivity (Wildman–Crippen MR) is 77.8 cm³/mol. The summed E-state index contributed by atoms with van der Waals surface area (Å²) in [6.07, 6.45) is 1.43. The largest absolute Gasteiger partial charge is 0.396 e. The van der Waals surface area contributed by atoms with Crippen molar-refractivity contribution in [2.75, 3.05) is 13.2 Å². The van der Waals surface area contributed by atoms with Gasteiger partial charge < -0.3 is 10.4 Å². The third-order valence-electron chi connectivity index (χ3n) is 2.96. The van der Waals surface area contributed by atoms with Gasteiger partial charge in [0.25, 0.3) is 5.91 Å². The molecule has 0 radical (unpaired) electrons. The summed E-state index contributed by atoms with van der Waals surface area (Å²) < 4.78 is 0. The van der Waals surface area contributed by atoms with E-state index in [4.69, 9.17) is 11.6 Å². The third-order valence-corrected chi connectivity index (χ3v) is 3.18. The van der Waals surface area contributed by atoms with Crippen LogP contribution < -0.4 is 5.32 Å². The van der Waals surface area contributed by atoms with Crippen LogP contribution in [0, 0.1) is 0 Å². The zero-order valence-corrected chi connectivity index (χ0v) is 11.5. The van der Waals surface area contributed by atoms with Crippen LogP contribution in [0.2, 0.25) is 5.02 Å². The molecule has 20 heavy (non-hydrogen) atoms. The second-order valence-corrected chi connectivity index (χ2v) is 4.80. The fourth-order valence-corrected chi connectivity index (χ4v) is 1.94. The lowest BCUT2D eigenvalue weighted by Gasteiger charge is -2.15. The molecule has 0 spiro atoms. The summed E-state index contributed by atoms with van der Waals surface area (Å²) in [5.74, 6) is -0.413. The Kier molecular flexibility index (Phi) is 5.09. The molecule has 0 bridgehead atoms. The number of hydrogen-bond donors (Lipinski definition) is 2. The van der Waals surface area contributed by atoms with E-state index >= 15 is 0 Å². The van der Waals surface area contributed by atoms with E-state index in [9.17, 15) is 9.90 Å². The predicted octanol–water partition coefficient (Wildman–Crippen LogP) is 2.24. The lowest BCUT2D eigenvalue weighted by atomic mass is 10.00. The van der Waals surface area contributed by atoms with E-state index in [0.717, 1.165) is 5.56 Å². The van der Waals surface area contributed by atoms with Crippen LogP contribution in [0.3, 0.4) is 0 Å². The Bertz CT molecular complexity index is 558. The maximum Gasteiger partial charge on any atom is 0.269 e. The number of carbonyl (C=O) groups excluding carboxylic acids is 1. The van der Waals surface area contributed by atoms with Crippen LogP contribution in [-0.4, -0.2) is 29.1 Å². The number of pyridine rings is 1. The SMILES string of the molecule is O=C(NC[C@@H](CO)c1ccccc1)c1ccc(Cl)cn1. The highest BCUT2D eigenvalue weighted by atomic mass is 35.5. The normalized spacial score (nSPS) is 11.9. The van der Waals surface area contributed by atoms with Crippen LogP contribution in [0.5, 0.6) is 0 Å². The Hall–Kier alpha value is -1.91. The molecule has 0 aliphatic rings. The lowest BCUT2D eigenvalue weighted by Crippen LogP contribution is -2.30. The molecule has 0 fully saturated rings. The van der Waals surface area contributed by atoms with Gasteiger partial charge in [0, 0.05) is 18.7 Å². The minimum absolute atomic E-state index is 0.0294. The average molecular weight is 291 g/mol. The second kappa shape index (κ2) is 7.03. The minimum atomic E-state index is -0.281. The fourth-order valence-electron chi connectivity index (χ4n) is 1.83. The van der Waals surface area contributed by atoms with Gasteiger partial charge in [-0.25, -0.2) is 4.98 Å². The maximum absolute atomic E-state index is 11.9. The van der Waals surface area contributed by atoms with Crippen LogP contribution >= 0.6 is 11.6 Å². The molecule has 1 heterocycles. The molecular formula is C15H15ClN2O2. The lowest BCUT2D eigenvalue weighted by molar-refractivity contribution is 0.0942. The molecule has 0 aliphatic heterocycles. The van der Waals surface area contributed by atoms with E-state index < -0.39 is 0 Å². The van der Waals surface area contributed by atoms with Crippen molar-refractivity contribution >= 4 is 17.5 Å². The smallest absolute Gasteiger partial charge is 0.269 e. The summed E-state index contributed by atoms with van der Waals surface area (Å²) in [7, 11) is 0. The van der Waals surface area contributed by atoms with Gasteiger partial charge in [-0.2, -0.15) is 0 Å². The molecule has 104 valence electrons. The second-order valence-electron chi connectivity index (χ2n) is 4.36. The first kappa shape index (κ1) is 14.5. The van der Waals surface area contributed by atoms with E-state index in [1.165, 1.54) is 6.20 Å². The quantitative estimate of drug-likeness (QED) is 0.888. The molecule has 4 nitrogen and oxygen atoms in total. The number of nitrogens with one attached hydrogen (secondary N) is 1. The number of aliphatic hydroxyl groups is 1. The molecule has 0 unspecified atom stereocenters. The van der Waals surface area contributed by atoms with Gasteiger partial charge in [-0.05, 0) is 17.7 Å². The summed E-state index contributed by atoms with van der Waals surface area (Å²) in [5, 5.41) is 12.7. The molecule has 2 rings (SSSR count). The third kappa shape index (κ3) is 3.79. The number of aromatic nitrogens is 1. The van der Waals surface area contributed by atoms with Gasteiger partial charge in [-0.15, -0.1) is 0 Å². The Morgan fingerprint density at radius 2 is 2.00 bits per heavy atom. The number of aliphatic hydroxyl groups excluding tert-OH is 1. The first-order valence-corrected chi connectivity index (χ1v) is 6.64. The van der Waals surface area contributed by atoms with E-state index in [-0.39, 0.29) is 18.4 Å². The number of hydrogen-bond acceptors (Lipinski definition) is 3. The number of benzene rings is 1. The van der Waals surface area contributed by atoms with Gasteiger partial charge in [0.1, 0.15) is 5.69 Å². The highest BCUT2D eigenvalue weighted by Crippen LogP contribution is 2.14. The van der Waals surface area contributed by atoms with Crippen molar-refractivity contribution in [1.82, 2.24) is 10.3 Å². The van der Waals surface area contributed by atoms with Gasteiger partial charge in [-0.1, -0.05) is 41.9 Å². The topological polar surface area (TPSA) is 62.2 Å². The van der Waals surface area contributed by atoms with Crippen LogP contribution in [0.1, 0.15) is 22.0 Å². The van der Waals surface area contributed by atoms with Crippen molar-refractivity contribution in [2.45, 2.75) is 5.92 Å². The summed E-state index contributed by atoms with van der Waals surface area (Å²) in [6.45, 7) is 0.321. The maximum atomic E-state index is 11.9. The van der Waals surface area contributed by atoms with E-state index in [1.807, 2.05) is 30.3 Å². The summed E-state index contributed by atoms with van der Waals surface area (Å²) in [4.78, 5) is 15.9. The number of amides is 1.